The zero-order valence-electron chi connectivity index (χ0n) is 8.97. The summed E-state index contributed by atoms with van der Waals surface area (Å²) < 4.78 is 0.933. The number of hydrogen-bond donors (Lipinski definition) is 2. The van der Waals surface area contributed by atoms with Crippen LogP contribution in [0, 0.1) is 6.92 Å². The van der Waals surface area contributed by atoms with E-state index in [1.54, 1.807) is 20.0 Å². The molecule has 2 N–H and O–H groups in total. The molecule has 0 saturated carbocycles. The van der Waals surface area contributed by atoms with Gasteiger partial charge < -0.3 is 10.6 Å². The highest BCUT2D eigenvalue weighted by molar-refractivity contribution is 9.10. The van der Waals surface area contributed by atoms with Crippen molar-refractivity contribution in [1.29, 1.82) is 0 Å². The Morgan fingerprint density at radius 1 is 1.53 bits per heavy atom. The number of pyridine rings is 1. The van der Waals surface area contributed by atoms with Crippen molar-refractivity contribution in [2.24, 2.45) is 0 Å². The van der Waals surface area contributed by atoms with Crippen molar-refractivity contribution in [3.8, 4) is 0 Å². The SMILES string of the molecule is CNC(C)C(=O)Nc1ccc(Br)c(C)n1. The Balaban J connectivity index is 2.73. The predicted molar refractivity (Wildman–Crippen MR) is 63.8 cm³/mol. The molecule has 0 aliphatic heterocycles. The maximum atomic E-state index is 11.5. The number of carbonyl (C=O) groups is 1. The van der Waals surface area contributed by atoms with Gasteiger partial charge in [0.1, 0.15) is 5.82 Å². The molecule has 0 radical (unpaired) electrons. The largest absolute Gasteiger partial charge is 0.309 e. The fourth-order valence-electron chi connectivity index (χ4n) is 0.979. The topological polar surface area (TPSA) is 54.0 Å². The van der Waals surface area contributed by atoms with E-state index in [9.17, 15) is 4.79 Å². The van der Waals surface area contributed by atoms with Crippen molar-refractivity contribution in [3.05, 3.63) is 22.3 Å². The molecule has 0 aliphatic carbocycles. The first-order chi connectivity index (χ1) is 7.04. The quantitative estimate of drug-likeness (QED) is 0.880. The van der Waals surface area contributed by atoms with E-state index in [1.807, 2.05) is 13.0 Å². The second kappa shape index (κ2) is 5.23. The number of amides is 1. The third-order valence-corrected chi connectivity index (χ3v) is 2.94. The fourth-order valence-corrected chi connectivity index (χ4v) is 1.20. The van der Waals surface area contributed by atoms with E-state index in [-0.39, 0.29) is 11.9 Å². The molecule has 1 rings (SSSR count). The Labute approximate surface area is 97.6 Å². The number of anilines is 1. The summed E-state index contributed by atoms with van der Waals surface area (Å²) in [7, 11) is 1.74. The number of rotatable bonds is 3. The van der Waals surface area contributed by atoms with Gasteiger partial charge in [0, 0.05) is 4.47 Å². The molecule has 15 heavy (non-hydrogen) atoms. The Hall–Kier alpha value is -0.940. The van der Waals surface area contributed by atoms with E-state index < -0.39 is 0 Å². The first-order valence-electron chi connectivity index (χ1n) is 4.66. The highest BCUT2D eigenvalue weighted by Gasteiger charge is 2.10. The first kappa shape index (κ1) is 12.1. The molecule has 1 heterocycles. The van der Waals surface area contributed by atoms with E-state index in [2.05, 4.69) is 31.5 Å². The van der Waals surface area contributed by atoms with Gasteiger partial charge in [-0.1, -0.05) is 0 Å². The van der Waals surface area contributed by atoms with Gasteiger partial charge in [0.05, 0.1) is 11.7 Å². The summed E-state index contributed by atoms with van der Waals surface area (Å²) in [5.41, 5.74) is 0.852. The molecule has 5 heteroatoms. The third-order valence-electron chi connectivity index (χ3n) is 2.10. The molecule has 0 fully saturated rings. The summed E-state index contributed by atoms with van der Waals surface area (Å²) >= 11 is 3.35. The minimum atomic E-state index is -0.226. The van der Waals surface area contributed by atoms with Crippen LogP contribution in [0.4, 0.5) is 5.82 Å². The van der Waals surface area contributed by atoms with Crippen LogP contribution in [-0.2, 0) is 4.79 Å². The van der Waals surface area contributed by atoms with E-state index in [0.29, 0.717) is 5.82 Å². The zero-order chi connectivity index (χ0) is 11.4. The van der Waals surface area contributed by atoms with Crippen molar-refractivity contribution in [2.45, 2.75) is 19.9 Å². The van der Waals surface area contributed by atoms with Crippen LogP contribution in [0.15, 0.2) is 16.6 Å². The van der Waals surface area contributed by atoms with E-state index in [0.717, 1.165) is 10.2 Å². The molecule has 4 nitrogen and oxygen atoms in total. The molecule has 0 spiro atoms. The lowest BCUT2D eigenvalue weighted by Crippen LogP contribution is -2.35. The van der Waals surface area contributed by atoms with Gasteiger partial charge in [-0.2, -0.15) is 0 Å². The highest BCUT2D eigenvalue weighted by Crippen LogP contribution is 2.16. The van der Waals surface area contributed by atoms with Crippen molar-refractivity contribution >= 4 is 27.7 Å². The number of aryl methyl sites for hydroxylation is 1. The second-order valence-corrected chi connectivity index (χ2v) is 4.12. The van der Waals surface area contributed by atoms with Gasteiger partial charge in [-0.3, -0.25) is 4.79 Å². The van der Waals surface area contributed by atoms with E-state index >= 15 is 0 Å². The molecule has 0 aromatic carbocycles. The normalized spacial score (nSPS) is 12.3. The van der Waals surface area contributed by atoms with E-state index in [1.165, 1.54) is 0 Å². The number of carbonyl (C=O) groups excluding carboxylic acids is 1. The summed E-state index contributed by atoms with van der Waals surface area (Å²) in [5, 5.41) is 5.59. The molecule has 0 saturated heterocycles. The average Bonchev–Trinajstić information content (AvgIpc) is 2.22. The summed E-state index contributed by atoms with van der Waals surface area (Å²) in [6, 6.07) is 3.40. The molecule has 1 unspecified atom stereocenters. The van der Waals surface area contributed by atoms with Crippen molar-refractivity contribution in [3.63, 3.8) is 0 Å². The highest BCUT2D eigenvalue weighted by atomic mass is 79.9. The molecule has 0 bridgehead atoms. The number of likely N-dealkylation sites (N-methyl/N-ethyl adjacent to an activating group) is 1. The minimum absolute atomic E-state index is 0.0910. The molecule has 1 atom stereocenters. The van der Waals surface area contributed by atoms with Gasteiger partial charge >= 0.3 is 0 Å². The van der Waals surface area contributed by atoms with Crippen molar-refractivity contribution in [1.82, 2.24) is 10.3 Å². The van der Waals surface area contributed by atoms with Gasteiger partial charge in [0.25, 0.3) is 0 Å². The summed E-state index contributed by atoms with van der Waals surface area (Å²) in [6.45, 7) is 3.67. The smallest absolute Gasteiger partial charge is 0.242 e. The lowest BCUT2D eigenvalue weighted by Gasteiger charge is -2.10. The third kappa shape index (κ3) is 3.28. The van der Waals surface area contributed by atoms with E-state index in [4.69, 9.17) is 0 Å². The average molecular weight is 272 g/mol. The van der Waals surface area contributed by atoms with Crippen LogP contribution in [0.3, 0.4) is 0 Å². The summed E-state index contributed by atoms with van der Waals surface area (Å²) in [6.07, 6.45) is 0. The Bertz CT molecular complexity index is 368. The first-order valence-corrected chi connectivity index (χ1v) is 5.45. The summed E-state index contributed by atoms with van der Waals surface area (Å²) in [5.74, 6) is 0.481. The van der Waals surface area contributed by atoms with Crippen LogP contribution < -0.4 is 10.6 Å². The summed E-state index contributed by atoms with van der Waals surface area (Å²) in [4.78, 5) is 15.7. The molecule has 1 amide bonds. The number of nitrogens with zero attached hydrogens (tertiary/aromatic N) is 1. The lowest BCUT2D eigenvalue weighted by atomic mass is 10.3. The van der Waals surface area contributed by atoms with Crippen LogP contribution in [0.5, 0.6) is 0 Å². The van der Waals surface area contributed by atoms with Crippen molar-refractivity contribution in [2.75, 3.05) is 12.4 Å². The van der Waals surface area contributed by atoms with Gasteiger partial charge in [-0.15, -0.1) is 0 Å². The predicted octanol–water partition coefficient (Wildman–Crippen LogP) is 1.70. The zero-order valence-corrected chi connectivity index (χ0v) is 10.6. The monoisotopic (exact) mass is 271 g/mol. The molecule has 0 aliphatic rings. The molecule has 82 valence electrons. The Morgan fingerprint density at radius 3 is 2.73 bits per heavy atom. The van der Waals surface area contributed by atoms with Crippen molar-refractivity contribution < 1.29 is 4.79 Å². The lowest BCUT2D eigenvalue weighted by molar-refractivity contribution is -0.117. The number of halogens is 1. The Morgan fingerprint density at radius 2 is 2.20 bits per heavy atom. The van der Waals surface area contributed by atoms with Crippen LogP contribution in [0.1, 0.15) is 12.6 Å². The molecular weight excluding hydrogens is 258 g/mol. The van der Waals surface area contributed by atoms with Gasteiger partial charge in [-0.05, 0) is 49.0 Å². The van der Waals surface area contributed by atoms with Crippen LogP contribution in [0.2, 0.25) is 0 Å². The number of nitrogens with one attached hydrogen (secondary N) is 2. The van der Waals surface area contributed by atoms with Gasteiger partial charge in [0.15, 0.2) is 0 Å². The van der Waals surface area contributed by atoms with Gasteiger partial charge in [-0.25, -0.2) is 4.98 Å². The van der Waals surface area contributed by atoms with Crippen LogP contribution in [-0.4, -0.2) is 24.0 Å². The fraction of sp³-hybridized carbons (Fsp3) is 0.400. The van der Waals surface area contributed by atoms with Crippen LogP contribution >= 0.6 is 15.9 Å². The molecule has 1 aromatic rings. The standard InChI is InChI=1S/C10H14BrN3O/c1-6-8(11)4-5-9(13-6)14-10(15)7(2)12-3/h4-5,7,12H,1-3H3,(H,13,14,15). The van der Waals surface area contributed by atoms with Gasteiger partial charge in [0.2, 0.25) is 5.91 Å². The minimum Gasteiger partial charge on any atom is -0.309 e. The molecular formula is C10H14BrN3O. The number of aromatic nitrogens is 1. The maximum absolute atomic E-state index is 11.5. The second-order valence-electron chi connectivity index (χ2n) is 3.26. The molecule has 1 aromatic heterocycles. The van der Waals surface area contributed by atoms with Crippen LogP contribution in [0.25, 0.3) is 0 Å². The number of hydrogen-bond acceptors (Lipinski definition) is 3. The maximum Gasteiger partial charge on any atom is 0.242 e. The Kier molecular flexibility index (Phi) is 4.23.